The number of nitrogens with zero attached hydrogens (tertiary/aromatic N) is 1. The van der Waals surface area contributed by atoms with Gasteiger partial charge < -0.3 is 10.1 Å². The summed E-state index contributed by atoms with van der Waals surface area (Å²) < 4.78 is 13.3. The molecule has 0 saturated heterocycles. The van der Waals surface area contributed by atoms with E-state index in [9.17, 15) is 14.3 Å². The maximum atomic E-state index is 13.2. The summed E-state index contributed by atoms with van der Waals surface area (Å²) in [7, 11) is 0. The molecule has 2 N–H and O–H groups in total. The van der Waals surface area contributed by atoms with Crippen LogP contribution in [0, 0.1) is 16.3 Å². The summed E-state index contributed by atoms with van der Waals surface area (Å²) in [6, 6.07) is 4.29. The van der Waals surface area contributed by atoms with E-state index in [4.69, 9.17) is 0 Å². The number of nitrogens with one attached hydrogen (secondary N) is 1. The lowest BCUT2D eigenvalue weighted by molar-refractivity contribution is 0.447. The number of hydrogen-bond acceptors (Lipinski definition) is 3. The second-order valence-corrected chi connectivity index (χ2v) is 4.65. The lowest BCUT2D eigenvalue weighted by Gasteiger charge is -2.04. The Morgan fingerprint density at radius 1 is 1.41 bits per heavy atom. The highest BCUT2D eigenvalue weighted by molar-refractivity contribution is 14.1. The average molecular weight is 346 g/mol. The molecule has 1 aromatic heterocycles. The van der Waals surface area contributed by atoms with Crippen LogP contribution in [0.1, 0.15) is 5.56 Å². The van der Waals surface area contributed by atoms with Crippen LogP contribution in [0.5, 0.6) is 5.88 Å². The smallest absolute Gasteiger partial charge is 0.268 e. The molecule has 88 valence electrons. The molecule has 0 aliphatic heterocycles. The van der Waals surface area contributed by atoms with Crippen LogP contribution in [0.3, 0.4) is 0 Å². The number of H-pyrrole nitrogens is 1. The first-order valence-corrected chi connectivity index (χ1v) is 5.81. The molecule has 0 spiro atoms. The van der Waals surface area contributed by atoms with Crippen LogP contribution in [-0.2, 0) is 0 Å². The molecule has 0 aliphatic carbocycles. The van der Waals surface area contributed by atoms with E-state index in [1.165, 1.54) is 12.1 Å². The van der Waals surface area contributed by atoms with Gasteiger partial charge in [-0.25, -0.2) is 4.39 Å². The topological polar surface area (TPSA) is 66.0 Å². The molecule has 0 bridgehead atoms. The summed E-state index contributed by atoms with van der Waals surface area (Å²) in [6.45, 7) is 1.73. The third-order valence-electron chi connectivity index (χ3n) is 2.16. The molecule has 2 rings (SSSR count). The van der Waals surface area contributed by atoms with E-state index in [-0.39, 0.29) is 15.3 Å². The monoisotopic (exact) mass is 346 g/mol. The number of aromatic amines is 1. The van der Waals surface area contributed by atoms with E-state index in [1.807, 2.05) is 0 Å². The molecule has 4 nitrogen and oxygen atoms in total. The van der Waals surface area contributed by atoms with Gasteiger partial charge in [0.25, 0.3) is 5.56 Å². The van der Waals surface area contributed by atoms with Gasteiger partial charge in [-0.1, -0.05) is 0 Å². The molecular weight excluding hydrogens is 338 g/mol. The van der Waals surface area contributed by atoms with Crippen LogP contribution in [0.15, 0.2) is 23.0 Å². The highest BCUT2D eigenvalue weighted by atomic mass is 127. The molecule has 1 heterocycles. The summed E-state index contributed by atoms with van der Waals surface area (Å²) in [4.78, 5) is 17.7. The largest absolute Gasteiger partial charge is 0.492 e. The summed E-state index contributed by atoms with van der Waals surface area (Å²) in [5.74, 6) is -0.623. The van der Waals surface area contributed by atoms with Gasteiger partial charge in [-0.2, -0.15) is 4.98 Å². The quantitative estimate of drug-likeness (QED) is 0.778. The Hall–Kier alpha value is -1.44. The van der Waals surface area contributed by atoms with Crippen molar-refractivity contribution < 1.29 is 9.50 Å². The molecule has 17 heavy (non-hydrogen) atoms. The molecule has 6 heteroatoms. The molecule has 0 aliphatic rings. The van der Waals surface area contributed by atoms with Gasteiger partial charge in [0.05, 0.1) is 0 Å². The average Bonchev–Trinajstić information content (AvgIpc) is 2.23. The summed E-state index contributed by atoms with van der Waals surface area (Å²) in [5, 5.41) is 9.45. The van der Waals surface area contributed by atoms with Crippen molar-refractivity contribution in [2.24, 2.45) is 0 Å². The highest BCUT2D eigenvalue weighted by Gasteiger charge is 2.10. The van der Waals surface area contributed by atoms with Gasteiger partial charge >= 0.3 is 0 Å². The molecule has 0 radical (unpaired) electrons. The van der Waals surface area contributed by atoms with E-state index in [0.717, 1.165) is 0 Å². The van der Waals surface area contributed by atoms with Crippen molar-refractivity contribution in [1.82, 2.24) is 9.97 Å². The fraction of sp³-hybridized carbons (Fsp3) is 0.0909. The van der Waals surface area contributed by atoms with Crippen LogP contribution in [0.2, 0.25) is 0 Å². The molecule has 1 aromatic carbocycles. The van der Waals surface area contributed by atoms with Crippen LogP contribution < -0.4 is 5.56 Å². The lowest BCUT2D eigenvalue weighted by Crippen LogP contribution is -2.12. The van der Waals surface area contributed by atoms with Crippen molar-refractivity contribution in [3.63, 3.8) is 0 Å². The van der Waals surface area contributed by atoms with Crippen molar-refractivity contribution in [2.45, 2.75) is 6.92 Å². The van der Waals surface area contributed by atoms with Gasteiger partial charge in [-0.05, 0) is 53.3 Å². The molecule has 0 amide bonds. The first-order chi connectivity index (χ1) is 7.97. The van der Waals surface area contributed by atoms with Gasteiger partial charge in [-0.3, -0.25) is 4.79 Å². The van der Waals surface area contributed by atoms with Gasteiger partial charge in [0.1, 0.15) is 15.2 Å². The van der Waals surface area contributed by atoms with Crippen molar-refractivity contribution in [2.75, 3.05) is 0 Å². The summed E-state index contributed by atoms with van der Waals surface area (Å²) >= 11 is 1.69. The maximum Gasteiger partial charge on any atom is 0.268 e. The van der Waals surface area contributed by atoms with E-state index in [0.29, 0.717) is 11.1 Å². The normalized spacial score (nSPS) is 10.5. The molecule has 0 atom stereocenters. The van der Waals surface area contributed by atoms with E-state index in [2.05, 4.69) is 9.97 Å². The minimum Gasteiger partial charge on any atom is -0.492 e. The second-order valence-electron chi connectivity index (χ2n) is 3.57. The number of aromatic hydroxyl groups is 1. The predicted molar refractivity (Wildman–Crippen MR) is 69.4 cm³/mol. The summed E-state index contributed by atoms with van der Waals surface area (Å²) in [5.41, 5.74) is 0.682. The third kappa shape index (κ3) is 2.46. The van der Waals surface area contributed by atoms with E-state index >= 15 is 0 Å². The van der Waals surface area contributed by atoms with Crippen LogP contribution in [0.25, 0.3) is 11.4 Å². The lowest BCUT2D eigenvalue weighted by atomic mass is 10.1. The van der Waals surface area contributed by atoms with Crippen molar-refractivity contribution in [3.05, 3.63) is 43.5 Å². The Bertz CT molecular complexity index is 620. The first kappa shape index (κ1) is 12.0. The van der Waals surface area contributed by atoms with Crippen molar-refractivity contribution in [3.8, 4) is 17.3 Å². The third-order valence-corrected chi connectivity index (χ3v) is 3.13. The van der Waals surface area contributed by atoms with Crippen molar-refractivity contribution in [1.29, 1.82) is 0 Å². The Labute approximate surface area is 110 Å². The van der Waals surface area contributed by atoms with E-state index in [1.54, 1.807) is 35.6 Å². The SMILES string of the molecule is Cc1cc(F)cc(-c2nc(O)c(I)c(=O)[nH]2)c1. The minimum atomic E-state index is -0.449. The van der Waals surface area contributed by atoms with Gasteiger partial charge in [0.15, 0.2) is 0 Å². The van der Waals surface area contributed by atoms with Crippen LogP contribution >= 0.6 is 22.6 Å². The Morgan fingerprint density at radius 2 is 2.12 bits per heavy atom. The zero-order chi connectivity index (χ0) is 12.6. The maximum absolute atomic E-state index is 13.2. The fourth-order valence-electron chi connectivity index (χ4n) is 1.46. The molecule has 0 unspecified atom stereocenters. The van der Waals surface area contributed by atoms with Crippen LogP contribution in [-0.4, -0.2) is 15.1 Å². The van der Waals surface area contributed by atoms with E-state index < -0.39 is 11.4 Å². The van der Waals surface area contributed by atoms with Crippen LogP contribution in [0.4, 0.5) is 4.39 Å². The highest BCUT2D eigenvalue weighted by Crippen LogP contribution is 2.20. The zero-order valence-electron chi connectivity index (χ0n) is 8.79. The predicted octanol–water partition coefficient (Wildman–Crippen LogP) is 2.19. The van der Waals surface area contributed by atoms with Gasteiger partial charge in [0, 0.05) is 5.56 Å². The summed E-state index contributed by atoms with van der Waals surface area (Å²) in [6.07, 6.45) is 0. The Morgan fingerprint density at radius 3 is 2.71 bits per heavy atom. The number of aromatic nitrogens is 2. The molecular formula is C11H8FIN2O2. The Balaban J connectivity index is 2.65. The number of rotatable bonds is 1. The zero-order valence-corrected chi connectivity index (χ0v) is 10.9. The molecule has 0 saturated carbocycles. The molecule has 2 aromatic rings. The fourth-order valence-corrected chi connectivity index (χ4v) is 1.71. The number of benzene rings is 1. The van der Waals surface area contributed by atoms with Crippen molar-refractivity contribution >= 4 is 22.6 Å². The minimum absolute atomic E-state index is 0.111. The number of halogens is 2. The number of hydrogen-bond donors (Lipinski definition) is 2. The van der Waals surface area contributed by atoms with Gasteiger partial charge in [-0.15, -0.1) is 0 Å². The standard InChI is InChI=1S/C11H8FIN2O2/c1-5-2-6(4-7(12)3-5)9-14-10(16)8(13)11(17)15-9/h2-4H,1H3,(H2,14,15,16,17). The molecule has 0 fully saturated rings. The number of aryl methyl sites for hydroxylation is 1. The van der Waals surface area contributed by atoms with Gasteiger partial charge in [0.2, 0.25) is 5.88 Å². The Kier molecular flexibility index (Phi) is 3.14. The second kappa shape index (κ2) is 4.44. The first-order valence-electron chi connectivity index (χ1n) is 4.73.